The van der Waals surface area contributed by atoms with Gasteiger partial charge in [0.25, 0.3) is 0 Å². The number of fused-ring (bicyclic) bond motifs is 1. The topological polar surface area (TPSA) is 33.2 Å². The molecular formula is C30H26N2OS. The molecule has 168 valence electrons. The Morgan fingerprint density at radius 1 is 0.824 bits per heavy atom. The average molecular weight is 463 g/mol. The van der Waals surface area contributed by atoms with Crippen LogP contribution in [0.3, 0.4) is 0 Å². The fourth-order valence-electron chi connectivity index (χ4n) is 4.40. The first-order valence-corrected chi connectivity index (χ1v) is 12.2. The number of benzene rings is 4. The first-order valence-electron chi connectivity index (χ1n) is 11.4. The number of hydrogen-bond donors (Lipinski definition) is 0. The van der Waals surface area contributed by atoms with Gasteiger partial charge in [-0.1, -0.05) is 108 Å². The summed E-state index contributed by atoms with van der Waals surface area (Å²) in [6, 6.07) is 34.5. The van der Waals surface area contributed by atoms with Crippen molar-refractivity contribution in [2.45, 2.75) is 26.3 Å². The van der Waals surface area contributed by atoms with Gasteiger partial charge in [-0.05, 0) is 47.7 Å². The SMILES string of the molecule is Cc1cc(C)c2nc(N(Cc3ccccc3)C(=O)C(c3ccccc3)c3ccccc3)sc2c1. The smallest absolute Gasteiger partial charge is 0.241 e. The summed E-state index contributed by atoms with van der Waals surface area (Å²) in [7, 11) is 0. The Morgan fingerprint density at radius 2 is 1.38 bits per heavy atom. The Morgan fingerprint density at radius 3 is 1.97 bits per heavy atom. The van der Waals surface area contributed by atoms with Gasteiger partial charge in [0, 0.05) is 0 Å². The van der Waals surface area contributed by atoms with Gasteiger partial charge < -0.3 is 0 Å². The number of amides is 1. The van der Waals surface area contributed by atoms with Crippen LogP contribution in [0.2, 0.25) is 0 Å². The van der Waals surface area contributed by atoms with E-state index in [0.717, 1.165) is 37.6 Å². The highest BCUT2D eigenvalue weighted by atomic mass is 32.1. The number of hydrogen-bond acceptors (Lipinski definition) is 3. The predicted octanol–water partition coefficient (Wildman–Crippen LogP) is 7.28. The van der Waals surface area contributed by atoms with Crippen molar-refractivity contribution < 1.29 is 4.79 Å². The zero-order valence-electron chi connectivity index (χ0n) is 19.3. The van der Waals surface area contributed by atoms with Crippen LogP contribution in [-0.4, -0.2) is 10.9 Å². The number of carbonyl (C=O) groups excluding carboxylic acids is 1. The molecule has 1 heterocycles. The molecule has 0 N–H and O–H groups in total. The molecule has 0 aliphatic rings. The van der Waals surface area contributed by atoms with Crippen molar-refractivity contribution in [1.29, 1.82) is 0 Å². The molecule has 0 saturated heterocycles. The van der Waals surface area contributed by atoms with E-state index in [1.165, 1.54) is 5.56 Å². The number of aromatic nitrogens is 1. The molecule has 4 heteroatoms. The first kappa shape index (κ1) is 22.1. The van der Waals surface area contributed by atoms with Gasteiger partial charge in [0.2, 0.25) is 5.91 Å². The summed E-state index contributed by atoms with van der Waals surface area (Å²) in [6.45, 7) is 4.65. The molecule has 0 radical (unpaired) electrons. The maximum Gasteiger partial charge on any atom is 0.241 e. The van der Waals surface area contributed by atoms with E-state index >= 15 is 0 Å². The Kier molecular flexibility index (Phi) is 6.24. The van der Waals surface area contributed by atoms with Crippen LogP contribution in [0.5, 0.6) is 0 Å². The first-order chi connectivity index (χ1) is 16.6. The van der Waals surface area contributed by atoms with Gasteiger partial charge in [0.05, 0.1) is 22.7 Å². The van der Waals surface area contributed by atoms with Crippen molar-refractivity contribution in [1.82, 2.24) is 4.98 Å². The van der Waals surface area contributed by atoms with Crippen molar-refractivity contribution in [2.75, 3.05) is 4.90 Å². The molecule has 3 nitrogen and oxygen atoms in total. The molecule has 5 rings (SSSR count). The van der Waals surface area contributed by atoms with Gasteiger partial charge in [-0.3, -0.25) is 9.69 Å². The van der Waals surface area contributed by atoms with Crippen LogP contribution in [0.1, 0.15) is 33.7 Å². The molecule has 5 aromatic rings. The van der Waals surface area contributed by atoms with Crippen LogP contribution in [0.25, 0.3) is 10.2 Å². The van der Waals surface area contributed by atoms with E-state index in [4.69, 9.17) is 4.98 Å². The van der Waals surface area contributed by atoms with Gasteiger partial charge in [-0.2, -0.15) is 0 Å². The van der Waals surface area contributed by atoms with Gasteiger partial charge in [-0.25, -0.2) is 4.98 Å². The molecule has 0 aliphatic carbocycles. The zero-order valence-corrected chi connectivity index (χ0v) is 20.1. The molecule has 0 bridgehead atoms. The number of thiazole rings is 1. The van der Waals surface area contributed by atoms with Crippen molar-refractivity contribution in [3.05, 3.63) is 131 Å². The molecule has 0 unspecified atom stereocenters. The Bertz CT molecular complexity index is 1370. The standard InChI is InChI=1S/C30H26N2OS/c1-21-18-22(2)28-26(19-21)34-30(31-28)32(20-23-12-6-3-7-13-23)29(33)27(24-14-8-4-9-15-24)25-16-10-5-11-17-25/h3-19,27H,20H2,1-2H3. The number of nitrogens with zero attached hydrogens (tertiary/aromatic N) is 2. The molecule has 1 aromatic heterocycles. The Hall–Kier alpha value is -3.76. The summed E-state index contributed by atoms with van der Waals surface area (Å²) in [5, 5.41) is 0.731. The number of aryl methyl sites for hydroxylation is 2. The lowest BCUT2D eigenvalue weighted by Gasteiger charge is -2.26. The molecule has 0 fully saturated rings. The van der Waals surface area contributed by atoms with E-state index in [-0.39, 0.29) is 5.91 Å². The number of carbonyl (C=O) groups is 1. The summed E-state index contributed by atoms with van der Waals surface area (Å²) < 4.78 is 1.11. The molecule has 1 amide bonds. The van der Waals surface area contributed by atoms with E-state index < -0.39 is 5.92 Å². The quantitative estimate of drug-likeness (QED) is 0.266. The monoisotopic (exact) mass is 462 g/mol. The number of anilines is 1. The lowest BCUT2D eigenvalue weighted by Crippen LogP contribution is -2.35. The summed E-state index contributed by atoms with van der Waals surface area (Å²) in [5.41, 5.74) is 6.32. The molecule has 0 spiro atoms. The molecule has 0 aliphatic heterocycles. The third kappa shape index (κ3) is 4.50. The van der Waals surface area contributed by atoms with Crippen LogP contribution in [0, 0.1) is 13.8 Å². The van der Waals surface area contributed by atoms with E-state index in [0.29, 0.717) is 6.54 Å². The third-order valence-electron chi connectivity index (χ3n) is 6.01. The van der Waals surface area contributed by atoms with E-state index in [9.17, 15) is 4.79 Å². The van der Waals surface area contributed by atoms with Crippen LogP contribution < -0.4 is 4.90 Å². The second kappa shape index (κ2) is 9.62. The predicted molar refractivity (Wildman–Crippen MR) is 141 cm³/mol. The molecular weight excluding hydrogens is 436 g/mol. The highest BCUT2D eigenvalue weighted by Crippen LogP contribution is 2.36. The third-order valence-corrected chi connectivity index (χ3v) is 7.04. The van der Waals surface area contributed by atoms with Crippen LogP contribution in [-0.2, 0) is 11.3 Å². The fourth-order valence-corrected chi connectivity index (χ4v) is 5.55. The van der Waals surface area contributed by atoms with Crippen molar-refractivity contribution in [3.8, 4) is 0 Å². The molecule has 0 atom stereocenters. The minimum absolute atomic E-state index is 0.0229. The maximum absolute atomic E-state index is 14.4. The minimum Gasteiger partial charge on any atom is -0.283 e. The Balaban J connectivity index is 1.64. The second-order valence-electron chi connectivity index (χ2n) is 8.59. The second-order valence-corrected chi connectivity index (χ2v) is 9.60. The lowest BCUT2D eigenvalue weighted by atomic mass is 9.90. The van der Waals surface area contributed by atoms with E-state index in [2.05, 4.69) is 38.1 Å². The lowest BCUT2D eigenvalue weighted by molar-refractivity contribution is -0.119. The highest BCUT2D eigenvalue weighted by molar-refractivity contribution is 7.22. The van der Waals surface area contributed by atoms with Gasteiger partial charge in [0.1, 0.15) is 0 Å². The number of rotatable bonds is 6. The summed E-state index contributed by atoms with van der Waals surface area (Å²) in [6.07, 6.45) is 0. The van der Waals surface area contributed by atoms with Crippen molar-refractivity contribution in [3.63, 3.8) is 0 Å². The van der Waals surface area contributed by atoms with Crippen molar-refractivity contribution >= 4 is 32.6 Å². The largest absolute Gasteiger partial charge is 0.283 e. The summed E-state index contributed by atoms with van der Waals surface area (Å²) >= 11 is 1.58. The molecule has 34 heavy (non-hydrogen) atoms. The van der Waals surface area contributed by atoms with E-state index in [1.807, 2.05) is 83.8 Å². The molecule has 0 saturated carbocycles. The highest BCUT2D eigenvalue weighted by Gasteiger charge is 2.30. The van der Waals surface area contributed by atoms with Gasteiger partial charge in [0.15, 0.2) is 5.13 Å². The Labute approximate surface area is 204 Å². The van der Waals surface area contributed by atoms with Crippen LogP contribution >= 0.6 is 11.3 Å². The average Bonchev–Trinajstić information content (AvgIpc) is 3.29. The fraction of sp³-hybridized carbons (Fsp3) is 0.133. The van der Waals surface area contributed by atoms with E-state index in [1.54, 1.807) is 11.3 Å². The zero-order chi connectivity index (χ0) is 23.5. The summed E-state index contributed by atoms with van der Waals surface area (Å²) in [5.74, 6) is -0.393. The van der Waals surface area contributed by atoms with Crippen LogP contribution in [0.4, 0.5) is 5.13 Å². The van der Waals surface area contributed by atoms with Gasteiger partial charge >= 0.3 is 0 Å². The van der Waals surface area contributed by atoms with Crippen LogP contribution in [0.15, 0.2) is 103 Å². The maximum atomic E-state index is 14.4. The van der Waals surface area contributed by atoms with Gasteiger partial charge in [-0.15, -0.1) is 0 Å². The normalized spacial score (nSPS) is 11.1. The van der Waals surface area contributed by atoms with Crippen molar-refractivity contribution in [2.24, 2.45) is 0 Å². The summed E-state index contributed by atoms with van der Waals surface area (Å²) in [4.78, 5) is 21.2. The molecule has 4 aromatic carbocycles. The minimum atomic E-state index is -0.416.